The summed E-state index contributed by atoms with van der Waals surface area (Å²) in [7, 11) is 1.62. The first-order valence-electron chi connectivity index (χ1n) is 9.71. The molecule has 1 fully saturated rings. The van der Waals surface area contributed by atoms with Gasteiger partial charge in [0.05, 0.1) is 12.9 Å². The highest BCUT2D eigenvalue weighted by atomic mass is 32.2. The standard InChI is InChI=1S/C22H27N3O3S/c1-17(26)19-3-4-21(28-2)20(13-19)15-29-16-22(27)25-11-9-24(10-12-25)14-18-5-7-23-8-6-18/h3-8,13H,9-12,14-16H2,1-2H3. The summed E-state index contributed by atoms with van der Waals surface area (Å²) in [5.74, 6) is 2.01. The van der Waals surface area contributed by atoms with Crippen LogP contribution in [0.25, 0.3) is 0 Å². The highest BCUT2D eigenvalue weighted by molar-refractivity contribution is 7.99. The number of piperazine rings is 1. The van der Waals surface area contributed by atoms with Gasteiger partial charge in [-0.25, -0.2) is 0 Å². The molecule has 2 aromatic rings. The maximum absolute atomic E-state index is 12.6. The fourth-order valence-electron chi connectivity index (χ4n) is 3.35. The van der Waals surface area contributed by atoms with Crippen molar-refractivity contribution in [2.24, 2.45) is 0 Å². The van der Waals surface area contributed by atoms with E-state index < -0.39 is 0 Å². The predicted molar refractivity (Wildman–Crippen MR) is 115 cm³/mol. The lowest BCUT2D eigenvalue weighted by Crippen LogP contribution is -2.48. The summed E-state index contributed by atoms with van der Waals surface area (Å²) >= 11 is 1.56. The van der Waals surface area contributed by atoms with Crippen LogP contribution in [-0.4, -0.2) is 65.5 Å². The van der Waals surface area contributed by atoms with E-state index in [0.29, 0.717) is 17.1 Å². The summed E-state index contributed by atoms with van der Waals surface area (Å²) in [6, 6.07) is 9.51. The zero-order valence-electron chi connectivity index (χ0n) is 17.0. The van der Waals surface area contributed by atoms with Crippen molar-refractivity contribution in [3.63, 3.8) is 0 Å². The molecule has 0 unspecified atom stereocenters. The summed E-state index contributed by atoms with van der Waals surface area (Å²) in [5.41, 5.74) is 2.86. The van der Waals surface area contributed by atoms with Crippen molar-refractivity contribution in [1.82, 2.24) is 14.8 Å². The van der Waals surface area contributed by atoms with E-state index in [0.717, 1.165) is 44.0 Å². The molecule has 2 heterocycles. The zero-order chi connectivity index (χ0) is 20.6. The van der Waals surface area contributed by atoms with Gasteiger partial charge in [-0.15, -0.1) is 11.8 Å². The van der Waals surface area contributed by atoms with E-state index in [-0.39, 0.29) is 11.7 Å². The normalized spacial score (nSPS) is 14.6. The lowest BCUT2D eigenvalue weighted by molar-refractivity contribution is -0.130. The molecule has 0 saturated carbocycles. The predicted octanol–water partition coefficient (Wildman–Crippen LogP) is 2.87. The summed E-state index contributed by atoms with van der Waals surface area (Å²) in [5, 5.41) is 0. The Morgan fingerprint density at radius 1 is 1.10 bits per heavy atom. The van der Waals surface area contributed by atoms with E-state index in [1.54, 1.807) is 31.9 Å². The molecule has 6 nitrogen and oxygen atoms in total. The van der Waals surface area contributed by atoms with Gasteiger partial charge in [-0.05, 0) is 42.8 Å². The number of methoxy groups -OCH3 is 1. The Hall–Kier alpha value is -2.38. The van der Waals surface area contributed by atoms with E-state index in [1.807, 2.05) is 41.6 Å². The van der Waals surface area contributed by atoms with Gasteiger partial charge >= 0.3 is 0 Å². The maximum atomic E-state index is 12.6. The minimum atomic E-state index is 0.0274. The molecule has 0 bridgehead atoms. The van der Waals surface area contributed by atoms with Crippen molar-refractivity contribution in [1.29, 1.82) is 0 Å². The van der Waals surface area contributed by atoms with Gasteiger partial charge in [0, 0.05) is 62.0 Å². The topological polar surface area (TPSA) is 62.7 Å². The zero-order valence-corrected chi connectivity index (χ0v) is 17.8. The molecule has 0 aliphatic carbocycles. The Kier molecular flexibility index (Phi) is 7.66. The number of carbonyl (C=O) groups excluding carboxylic acids is 2. The van der Waals surface area contributed by atoms with Gasteiger partial charge in [-0.1, -0.05) is 0 Å². The van der Waals surface area contributed by atoms with E-state index >= 15 is 0 Å². The van der Waals surface area contributed by atoms with E-state index in [4.69, 9.17) is 4.74 Å². The van der Waals surface area contributed by atoms with Crippen molar-refractivity contribution in [3.8, 4) is 5.75 Å². The number of aromatic nitrogens is 1. The molecule has 1 saturated heterocycles. The van der Waals surface area contributed by atoms with Crippen molar-refractivity contribution < 1.29 is 14.3 Å². The number of ether oxygens (including phenoxy) is 1. The monoisotopic (exact) mass is 413 g/mol. The number of hydrogen-bond acceptors (Lipinski definition) is 6. The molecular weight excluding hydrogens is 386 g/mol. The molecule has 7 heteroatoms. The van der Waals surface area contributed by atoms with Gasteiger partial charge in [0.2, 0.25) is 5.91 Å². The summed E-state index contributed by atoms with van der Waals surface area (Å²) in [6.45, 7) is 5.73. The number of rotatable bonds is 8. The second-order valence-corrected chi connectivity index (χ2v) is 8.07. The van der Waals surface area contributed by atoms with E-state index in [1.165, 1.54) is 5.56 Å². The minimum absolute atomic E-state index is 0.0274. The fourth-order valence-corrected chi connectivity index (χ4v) is 4.26. The molecule has 1 aromatic carbocycles. The van der Waals surface area contributed by atoms with Crippen LogP contribution in [0.4, 0.5) is 0 Å². The highest BCUT2D eigenvalue weighted by Crippen LogP contribution is 2.25. The second kappa shape index (κ2) is 10.4. The van der Waals surface area contributed by atoms with Crippen LogP contribution < -0.4 is 4.74 Å². The summed E-state index contributed by atoms with van der Waals surface area (Å²) in [6.07, 6.45) is 3.63. The van der Waals surface area contributed by atoms with Crippen molar-refractivity contribution in [3.05, 3.63) is 59.4 Å². The van der Waals surface area contributed by atoms with Gasteiger partial charge in [0.15, 0.2) is 5.78 Å². The van der Waals surface area contributed by atoms with Crippen LogP contribution in [-0.2, 0) is 17.1 Å². The van der Waals surface area contributed by atoms with Crippen molar-refractivity contribution >= 4 is 23.5 Å². The van der Waals surface area contributed by atoms with Gasteiger partial charge in [0.1, 0.15) is 5.75 Å². The number of amides is 1. The van der Waals surface area contributed by atoms with Crippen molar-refractivity contribution in [2.75, 3.05) is 39.0 Å². The quantitative estimate of drug-likeness (QED) is 0.620. The number of hydrogen-bond donors (Lipinski definition) is 0. The first kappa shape index (κ1) is 21.3. The molecule has 0 spiro atoms. The largest absolute Gasteiger partial charge is 0.496 e. The van der Waals surface area contributed by atoms with Crippen LogP contribution in [0.3, 0.4) is 0 Å². The van der Waals surface area contributed by atoms with E-state index in [9.17, 15) is 9.59 Å². The molecule has 29 heavy (non-hydrogen) atoms. The molecule has 0 atom stereocenters. The number of nitrogens with zero attached hydrogens (tertiary/aromatic N) is 3. The van der Waals surface area contributed by atoms with Crippen LogP contribution in [0.2, 0.25) is 0 Å². The van der Waals surface area contributed by atoms with Crippen LogP contribution in [0.5, 0.6) is 5.75 Å². The van der Waals surface area contributed by atoms with Gasteiger partial charge in [-0.3, -0.25) is 19.5 Å². The average molecular weight is 414 g/mol. The number of Topliss-reactive ketones (excluding diaryl/α,β-unsaturated/α-hetero) is 1. The minimum Gasteiger partial charge on any atom is -0.496 e. The second-order valence-electron chi connectivity index (χ2n) is 7.09. The maximum Gasteiger partial charge on any atom is 0.232 e. The van der Waals surface area contributed by atoms with E-state index in [2.05, 4.69) is 9.88 Å². The number of ketones is 1. The third-order valence-corrected chi connectivity index (χ3v) is 6.02. The lowest BCUT2D eigenvalue weighted by atomic mass is 10.1. The van der Waals surface area contributed by atoms with Gasteiger partial charge in [-0.2, -0.15) is 0 Å². The van der Waals surface area contributed by atoms with Crippen molar-refractivity contribution in [2.45, 2.75) is 19.2 Å². The van der Waals surface area contributed by atoms with Crippen LogP contribution in [0.1, 0.15) is 28.4 Å². The Bertz CT molecular complexity index is 836. The highest BCUT2D eigenvalue weighted by Gasteiger charge is 2.21. The van der Waals surface area contributed by atoms with Crippen LogP contribution in [0, 0.1) is 0 Å². The molecule has 1 amide bonds. The first-order chi connectivity index (χ1) is 14.1. The molecule has 1 aliphatic heterocycles. The fraction of sp³-hybridized carbons (Fsp3) is 0.409. The SMILES string of the molecule is COc1ccc(C(C)=O)cc1CSCC(=O)N1CCN(Cc2ccncc2)CC1. The number of carbonyl (C=O) groups is 2. The number of thioether (sulfide) groups is 1. The molecular formula is C22H27N3O3S. The van der Waals surface area contributed by atoms with Crippen LogP contribution in [0.15, 0.2) is 42.7 Å². The molecule has 3 rings (SSSR count). The molecule has 1 aliphatic rings. The average Bonchev–Trinajstić information content (AvgIpc) is 2.74. The first-order valence-corrected chi connectivity index (χ1v) is 10.9. The summed E-state index contributed by atoms with van der Waals surface area (Å²) < 4.78 is 5.39. The third-order valence-electron chi connectivity index (χ3n) is 5.05. The smallest absolute Gasteiger partial charge is 0.232 e. The molecule has 154 valence electrons. The third kappa shape index (κ3) is 6.05. The molecule has 0 radical (unpaired) electrons. The molecule has 0 N–H and O–H groups in total. The number of benzene rings is 1. The summed E-state index contributed by atoms with van der Waals surface area (Å²) in [4.78, 5) is 32.5. The Labute approximate surface area is 176 Å². The lowest BCUT2D eigenvalue weighted by Gasteiger charge is -2.34. The Balaban J connectivity index is 1.45. The Morgan fingerprint density at radius 3 is 2.48 bits per heavy atom. The Morgan fingerprint density at radius 2 is 1.83 bits per heavy atom. The number of pyridine rings is 1. The molecule has 1 aromatic heterocycles. The van der Waals surface area contributed by atoms with Gasteiger partial charge in [0.25, 0.3) is 0 Å². The van der Waals surface area contributed by atoms with Crippen LogP contribution >= 0.6 is 11.8 Å². The van der Waals surface area contributed by atoms with Gasteiger partial charge < -0.3 is 9.64 Å².